The first-order valence-electron chi connectivity index (χ1n) is 10.4. The standard InChI is InChI=1S/C24H23F3N4O/c1-15-18(16(2)31-23(29-15)19-8-4-6-10-21(19)30-31)11-12-22(32)28-14-13-17-7-3-5-9-20(17)24(25,26)27/h3-10H,11-14H2,1-2H3,(H,28,32). The fourth-order valence-electron chi connectivity index (χ4n) is 4.02. The van der Waals surface area contributed by atoms with Gasteiger partial charge in [-0.05, 0) is 56.0 Å². The third-order valence-electron chi connectivity index (χ3n) is 5.66. The first kappa shape index (κ1) is 21.8. The van der Waals surface area contributed by atoms with Gasteiger partial charge in [0, 0.05) is 29.7 Å². The highest BCUT2D eigenvalue weighted by atomic mass is 19.4. The minimum absolute atomic E-state index is 0.118. The van der Waals surface area contributed by atoms with Gasteiger partial charge in [-0.2, -0.15) is 18.3 Å². The summed E-state index contributed by atoms with van der Waals surface area (Å²) in [5.74, 6) is -0.209. The van der Waals surface area contributed by atoms with Crippen LogP contribution in [0.2, 0.25) is 0 Å². The Morgan fingerprint density at radius 2 is 1.75 bits per heavy atom. The Hall–Kier alpha value is -3.42. The van der Waals surface area contributed by atoms with E-state index < -0.39 is 11.7 Å². The first-order valence-corrected chi connectivity index (χ1v) is 10.4. The van der Waals surface area contributed by atoms with E-state index in [1.165, 1.54) is 12.1 Å². The second-order valence-electron chi connectivity index (χ2n) is 7.77. The molecule has 0 saturated heterocycles. The normalized spacial score (nSPS) is 11.9. The summed E-state index contributed by atoms with van der Waals surface area (Å²) in [6.07, 6.45) is -3.59. The van der Waals surface area contributed by atoms with Gasteiger partial charge in [-0.1, -0.05) is 30.3 Å². The molecule has 0 unspecified atom stereocenters. The number of hydrogen-bond donors (Lipinski definition) is 1. The van der Waals surface area contributed by atoms with Gasteiger partial charge in [-0.3, -0.25) is 4.79 Å². The number of alkyl halides is 3. The summed E-state index contributed by atoms with van der Waals surface area (Å²) < 4.78 is 41.1. The number of nitrogens with zero attached hydrogens (tertiary/aromatic N) is 3. The Balaban J connectivity index is 1.41. The second kappa shape index (κ2) is 8.61. The molecule has 0 atom stereocenters. The lowest BCUT2D eigenvalue weighted by molar-refractivity contribution is -0.138. The number of aryl methyl sites for hydroxylation is 2. The lowest BCUT2D eigenvalue weighted by atomic mass is 10.0. The minimum atomic E-state index is -4.40. The Morgan fingerprint density at radius 3 is 2.53 bits per heavy atom. The SMILES string of the molecule is Cc1nc2c3ccccc3nn2c(C)c1CCC(=O)NCCc1ccccc1C(F)(F)F. The molecule has 0 saturated carbocycles. The van der Waals surface area contributed by atoms with Crippen molar-refractivity contribution in [2.45, 2.75) is 39.3 Å². The summed E-state index contributed by atoms with van der Waals surface area (Å²) in [4.78, 5) is 17.0. The van der Waals surface area contributed by atoms with Crippen molar-refractivity contribution in [2.24, 2.45) is 0 Å². The maximum atomic E-state index is 13.1. The van der Waals surface area contributed by atoms with Gasteiger partial charge in [0.2, 0.25) is 5.91 Å². The summed E-state index contributed by atoms with van der Waals surface area (Å²) in [6.45, 7) is 4.01. The molecule has 0 fully saturated rings. The Labute approximate surface area is 183 Å². The zero-order valence-corrected chi connectivity index (χ0v) is 17.8. The number of aromatic nitrogens is 3. The summed E-state index contributed by atoms with van der Waals surface area (Å²) in [6, 6.07) is 13.2. The number of nitrogens with one attached hydrogen (secondary N) is 1. The van der Waals surface area contributed by atoms with E-state index in [1.54, 1.807) is 10.6 Å². The average Bonchev–Trinajstić information content (AvgIpc) is 3.12. The fourth-order valence-corrected chi connectivity index (χ4v) is 4.02. The highest BCUT2D eigenvalue weighted by molar-refractivity contribution is 5.92. The van der Waals surface area contributed by atoms with Crippen LogP contribution in [0.5, 0.6) is 0 Å². The van der Waals surface area contributed by atoms with Crippen LogP contribution < -0.4 is 5.32 Å². The zero-order chi connectivity index (χ0) is 22.9. The van der Waals surface area contributed by atoms with Crippen LogP contribution in [0.3, 0.4) is 0 Å². The fraction of sp³-hybridized carbons (Fsp3) is 0.292. The van der Waals surface area contributed by atoms with Crippen LogP contribution in [0, 0.1) is 13.8 Å². The van der Waals surface area contributed by atoms with E-state index >= 15 is 0 Å². The third kappa shape index (κ3) is 4.30. The Morgan fingerprint density at radius 1 is 1.03 bits per heavy atom. The Kier molecular flexibility index (Phi) is 5.86. The largest absolute Gasteiger partial charge is 0.416 e. The van der Waals surface area contributed by atoms with Crippen molar-refractivity contribution in [1.82, 2.24) is 19.9 Å². The number of halogens is 3. The van der Waals surface area contributed by atoms with Gasteiger partial charge in [-0.25, -0.2) is 9.50 Å². The monoisotopic (exact) mass is 440 g/mol. The molecule has 8 heteroatoms. The number of fused-ring (bicyclic) bond motifs is 3. The van der Waals surface area contributed by atoms with Gasteiger partial charge in [0.25, 0.3) is 0 Å². The maximum Gasteiger partial charge on any atom is 0.416 e. The molecular formula is C24H23F3N4O. The number of rotatable bonds is 6. The summed E-state index contributed by atoms with van der Waals surface area (Å²) >= 11 is 0. The van der Waals surface area contributed by atoms with Crippen molar-refractivity contribution in [1.29, 1.82) is 0 Å². The molecule has 0 aliphatic heterocycles. The highest BCUT2D eigenvalue weighted by Crippen LogP contribution is 2.32. The summed E-state index contributed by atoms with van der Waals surface area (Å²) in [5, 5.41) is 8.32. The number of hydrogen-bond acceptors (Lipinski definition) is 3. The number of benzene rings is 2. The lowest BCUT2D eigenvalue weighted by Crippen LogP contribution is -2.26. The van der Waals surface area contributed by atoms with Crippen molar-refractivity contribution in [2.75, 3.05) is 6.54 Å². The Bertz CT molecular complexity index is 1290. The molecule has 2 heterocycles. The molecule has 0 aliphatic carbocycles. The van der Waals surface area contributed by atoms with E-state index in [0.717, 1.165) is 39.6 Å². The van der Waals surface area contributed by atoms with Crippen LogP contribution in [-0.2, 0) is 23.8 Å². The molecule has 2 aromatic carbocycles. The number of carbonyl (C=O) groups excluding carboxylic acids is 1. The van der Waals surface area contributed by atoms with Gasteiger partial charge in [0.15, 0.2) is 5.65 Å². The average molecular weight is 440 g/mol. The van der Waals surface area contributed by atoms with Crippen molar-refractivity contribution in [3.63, 3.8) is 0 Å². The number of carbonyl (C=O) groups is 1. The van der Waals surface area contributed by atoms with Crippen LogP contribution in [0.1, 0.15) is 34.5 Å². The van der Waals surface area contributed by atoms with E-state index in [2.05, 4.69) is 10.4 Å². The molecule has 0 spiro atoms. The van der Waals surface area contributed by atoms with E-state index in [1.807, 2.05) is 38.1 Å². The molecule has 0 aliphatic rings. The summed E-state index contributed by atoms with van der Waals surface area (Å²) in [7, 11) is 0. The third-order valence-corrected chi connectivity index (χ3v) is 5.66. The van der Waals surface area contributed by atoms with E-state index in [-0.39, 0.29) is 30.9 Å². The summed E-state index contributed by atoms with van der Waals surface area (Å²) in [5.41, 5.74) is 3.87. The molecular weight excluding hydrogens is 417 g/mol. The molecule has 4 aromatic rings. The molecule has 1 amide bonds. The molecule has 32 heavy (non-hydrogen) atoms. The first-order chi connectivity index (χ1) is 15.3. The van der Waals surface area contributed by atoms with Crippen molar-refractivity contribution in [3.8, 4) is 0 Å². The molecule has 0 bridgehead atoms. The van der Waals surface area contributed by atoms with Crippen LogP contribution >= 0.6 is 0 Å². The molecule has 0 radical (unpaired) electrons. The molecule has 2 aromatic heterocycles. The predicted molar refractivity (Wildman–Crippen MR) is 116 cm³/mol. The van der Waals surface area contributed by atoms with Crippen LogP contribution in [0.4, 0.5) is 13.2 Å². The van der Waals surface area contributed by atoms with Crippen molar-refractivity contribution >= 4 is 22.5 Å². The predicted octanol–water partition coefficient (Wildman–Crippen LogP) is 4.81. The van der Waals surface area contributed by atoms with E-state index in [9.17, 15) is 18.0 Å². The molecule has 5 nitrogen and oxygen atoms in total. The molecule has 1 N–H and O–H groups in total. The van der Waals surface area contributed by atoms with E-state index in [0.29, 0.717) is 6.42 Å². The van der Waals surface area contributed by atoms with Crippen molar-refractivity contribution in [3.05, 3.63) is 76.6 Å². The molecule has 166 valence electrons. The van der Waals surface area contributed by atoms with Gasteiger partial charge < -0.3 is 5.32 Å². The lowest BCUT2D eigenvalue weighted by Gasteiger charge is -2.13. The zero-order valence-electron chi connectivity index (χ0n) is 17.8. The second-order valence-corrected chi connectivity index (χ2v) is 7.77. The molecule has 4 rings (SSSR count). The van der Waals surface area contributed by atoms with Gasteiger partial charge in [0.1, 0.15) is 0 Å². The van der Waals surface area contributed by atoms with Gasteiger partial charge in [-0.15, -0.1) is 0 Å². The topological polar surface area (TPSA) is 59.3 Å². The van der Waals surface area contributed by atoms with Crippen LogP contribution in [0.15, 0.2) is 48.5 Å². The van der Waals surface area contributed by atoms with Gasteiger partial charge >= 0.3 is 6.18 Å². The minimum Gasteiger partial charge on any atom is -0.356 e. The quantitative estimate of drug-likeness (QED) is 0.468. The highest BCUT2D eigenvalue weighted by Gasteiger charge is 2.32. The number of amides is 1. The van der Waals surface area contributed by atoms with E-state index in [4.69, 9.17) is 4.98 Å². The van der Waals surface area contributed by atoms with Crippen molar-refractivity contribution < 1.29 is 18.0 Å². The van der Waals surface area contributed by atoms with Crippen LogP contribution in [-0.4, -0.2) is 27.0 Å². The maximum absolute atomic E-state index is 13.1. The smallest absolute Gasteiger partial charge is 0.356 e. The van der Waals surface area contributed by atoms with Gasteiger partial charge in [0.05, 0.1) is 11.1 Å². The van der Waals surface area contributed by atoms with Crippen LogP contribution in [0.25, 0.3) is 16.6 Å².